The fourth-order valence-electron chi connectivity index (χ4n) is 3.99. The number of oxime groups is 1. The maximum atomic E-state index is 13.7. The molecule has 0 amide bonds. The molecule has 0 radical (unpaired) electrons. The van der Waals surface area contributed by atoms with Crippen LogP contribution in [0.1, 0.15) is 23.1 Å². The molecule has 2 aromatic carbocycles. The molecule has 0 unspecified atom stereocenters. The van der Waals surface area contributed by atoms with Crippen LogP contribution in [0.15, 0.2) is 70.5 Å². The van der Waals surface area contributed by atoms with Crippen molar-refractivity contribution in [2.45, 2.75) is 19.0 Å². The Hall–Kier alpha value is -3.81. The number of alkyl halides is 3. The van der Waals surface area contributed by atoms with E-state index in [-0.39, 0.29) is 11.3 Å². The van der Waals surface area contributed by atoms with Gasteiger partial charge in [-0.05, 0) is 42.7 Å². The third-order valence-corrected chi connectivity index (χ3v) is 5.41. The van der Waals surface area contributed by atoms with Crippen molar-refractivity contribution in [1.82, 2.24) is 4.98 Å². The van der Waals surface area contributed by atoms with Crippen LogP contribution >= 0.6 is 0 Å². The van der Waals surface area contributed by atoms with E-state index in [9.17, 15) is 13.2 Å². The Labute approximate surface area is 174 Å². The smallest absolute Gasteiger partial charge is 0.417 e. The third-order valence-electron chi connectivity index (χ3n) is 5.41. The first kappa shape index (κ1) is 19.2. The molecule has 2 heterocycles. The van der Waals surface area contributed by atoms with Crippen molar-refractivity contribution < 1.29 is 22.8 Å². The maximum Gasteiger partial charge on any atom is 0.417 e. The Kier molecular flexibility index (Phi) is 4.43. The largest absolute Gasteiger partial charge is 0.452 e. The van der Waals surface area contributed by atoms with Crippen LogP contribution < -0.4 is 5.32 Å². The molecule has 0 bridgehead atoms. The van der Waals surface area contributed by atoms with Gasteiger partial charge in [0.25, 0.3) is 0 Å². The van der Waals surface area contributed by atoms with Gasteiger partial charge in [0.1, 0.15) is 0 Å². The summed E-state index contributed by atoms with van der Waals surface area (Å²) >= 11 is 0. The lowest BCUT2D eigenvalue weighted by atomic mass is 10.0. The van der Waals surface area contributed by atoms with Crippen LogP contribution in [0, 0.1) is 0 Å². The number of benzene rings is 2. The van der Waals surface area contributed by atoms with Crippen LogP contribution in [0.2, 0.25) is 0 Å². The van der Waals surface area contributed by atoms with Crippen LogP contribution in [-0.4, -0.2) is 15.9 Å². The van der Waals surface area contributed by atoms with Crippen molar-refractivity contribution in [2.24, 2.45) is 5.16 Å². The van der Waals surface area contributed by atoms with E-state index in [0.29, 0.717) is 34.5 Å². The highest BCUT2D eigenvalue weighted by atomic mass is 19.4. The number of fused-ring (bicyclic) bond motifs is 2. The molecular weight excluding hydrogens is 407 g/mol. The van der Waals surface area contributed by atoms with Crippen LogP contribution in [0.25, 0.3) is 22.3 Å². The summed E-state index contributed by atoms with van der Waals surface area (Å²) in [6.07, 6.45) is -0.120. The zero-order chi connectivity index (χ0) is 21.6. The maximum absolute atomic E-state index is 13.7. The van der Waals surface area contributed by atoms with Gasteiger partial charge in [-0.2, -0.15) is 13.2 Å². The predicted molar refractivity (Wildman–Crippen MR) is 111 cm³/mol. The molecule has 156 valence electrons. The summed E-state index contributed by atoms with van der Waals surface area (Å²) in [7, 11) is 0. The summed E-state index contributed by atoms with van der Waals surface area (Å²) in [6.45, 7) is 0. The topological polar surface area (TPSA) is 70.7 Å². The van der Waals surface area contributed by atoms with Crippen LogP contribution in [0.4, 0.5) is 24.5 Å². The molecule has 2 N–H and O–H groups in total. The van der Waals surface area contributed by atoms with Crippen molar-refractivity contribution in [3.05, 3.63) is 77.6 Å². The average Bonchev–Trinajstić information content (AvgIpc) is 3.34. The van der Waals surface area contributed by atoms with Gasteiger partial charge in [-0.3, -0.25) is 4.98 Å². The number of hydrogen-bond acceptors (Lipinski definition) is 5. The molecule has 0 fully saturated rings. The Morgan fingerprint density at radius 2 is 1.87 bits per heavy atom. The number of pyridine rings is 1. The van der Waals surface area contributed by atoms with Gasteiger partial charge >= 0.3 is 6.18 Å². The van der Waals surface area contributed by atoms with Crippen molar-refractivity contribution in [1.29, 1.82) is 0 Å². The zero-order valence-electron chi connectivity index (χ0n) is 16.1. The number of nitrogens with zero attached hydrogens (tertiary/aromatic N) is 2. The van der Waals surface area contributed by atoms with E-state index in [1.165, 1.54) is 18.3 Å². The van der Waals surface area contributed by atoms with Gasteiger partial charge in [0, 0.05) is 28.4 Å². The fourth-order valence-corrected chi connectivity index (χ4v) is 3.99. The predicted octanol–water partition coefficient (Wildman–Crippen LogP) is 6.38. The van der Waals surface area contributed by atoms with Gasteiger partial charge in [-0.1, -0.05) is 29.4 Å². The number of furan rings is 1. The van der Waals surface area contributed by atoms with E-state index in [0.717, 1.165) is 23.6 Å². The van der Waals surface area contributed by atoms with Crippen LogP contribution in [-0.2, 0) is 12.6 Å². The highest BCUT2D eigenvalue weighted by Crippen LogP contribution is 2.44. The molecule has 0 aliphatic heterocycles. The molecule has 8 heteroatoms. The Balaban J connectivity index is 1.66. The number of rotatable bonds is 3. The summed E-state index contributed by atoms with van der Waals surface area (Å²) in [5, 5.41) is 16.3. The Morgan fingerprint density at radius 3 is 2.68 bits per heavy atom. The third kappa shape index (κ3) is 3.30. The van der Waals surface area contributed by atoms with E-state index in [1.807, 2.05) is 12.1 Å². The van der Waals surface area contributed by atoms with Gasteiger partial charge in [-0.25, -0.2) is 0 Å². The van der Waals surface area contributed by atoms with Gasteiger partial charge in [0.2, 0.25) is 0 Å². The van der Waals surface area contributed by atoms with Crippen molar-refractivity contribution in [3.63, 3.8) is 0 Å². The number of hydrogen-bond donors (Lipinski definition) is 2. The van der Waals surface area contributed by atoms with E-state index in [1.54, 1.807) is 24.4 Å². The monoisotopic (exact) mass is 423 g/mol. The Bertz CT molecular complexity index is 1330. The number of aryl methyl sites for hydroxylation is 1. The van der Waals surface area contributed by atoms with E-state index >= 15 is 0 Å². The van der Waals surface area contributed by atoms with Gasteiger partial charge < -0.3 is 14.9 Å². The lowest BCUT2D eigenvalue weighted by Crippen LogP contribution is -2.07. The highest BCUT2D eigenvalue weighted by molar-refractivity contribution is 6.05. The number of nitrogens with one attached hydrogen (secondary N) is 1. The zero-order valence-corrected chi connectivity index (χ0v) is 16.1. The average molecular weight is 423 g/mol. The first-order chi connectivity index (χ1) is 15.0. The van der Waals surface area contributed by atoms with Crippen LogP contribution in [0.5, 0.6) is 0 Å². The molecule has 5 rings (SSSR count). The van der Waals surface area contributed by atoms with E-state index in [2.05, 4.69) is 15.5 Å². The Morgan fingerprint density at radius 1 is 1.03 bits per heavy atom. The van der Waals surface area contributed by atoms with E-state index < -0.39 is 11.7 Å². The molecule has 2 aromatic heterocycles. The van der Waals surface area contributed by atoms with Gasteiger partial charge in [0.05, 0.1) is 23.2 Å². The SMILES string of the molecule is O/N=C1\CCc2cc(Nc3c(-c4ccccc4C(F)(F)F)oc4cnccc34)ccc21. The second-order valence-corrected chi connectivity index (χ2v) is 7.26. The second-order valence-electron chi connectivity index (χ2n) is 7.26. The normalized spacial score (nSPS) is 14.9. The molecule has 0 saturated heterocycles. The molecule has 0 spiro atoms. The van der Waals surface area contributed by atoms with Gasteiger partial charge in [-0.15, -0.1) is 0 Å². The first-order valence-electron chi connectivity index (χ1n) is 9.60. The number of aromatic nitrogens is 1. The van der Waals surface area contributed by atoms with E-state index in [4.69, 9.17) is 9.62 Å². The minimum Gasteiger partial charge on any atom is -0.452 e. The summed E-state index contributed by atoms with van der Waals surface area (Å²) in [4.78, 5) is 4.02. The molecular formula is C23H16F3N3O2. The number of halogens is 3. The van der Waals surface area contributed by atoms with Gasteiger partial charge in [0.15, 0.2) is 11.3 Å². The van der Waals surface area contributed by atoms with Crippen molar-refractivity contribution in [2.75, 3.05) is 5.32 Å². The molecule has 0 saturated carbocycles. The number of anilines is 2. The highest BCUT2D eigenvalue weighted by Gasteiger charge is 2.35. The molecule has 1 aliphatic rings. The lowest BCUT2D eigenvalue weighted by molar-refractivity contribution is -0.137. The second kappa shape index (κ2) is 7.16. The molecule has 31 heavy (non-hydrogen) atoms. The fraction of sp³-hybridized carbons (Fsp3) is 0.130. The minimum atomic E-state index is -4.53. The molecule has 5 nitrogen and oxygen atoms in total. The minimum absolute atomic E-state index is 0.0513. The first-order valence-corrected chi connectivity index (χ1v) is 9.60. The molecule has 1 aliphatic carbocycles. The summed E-state index contributed by atoms with van der Waals surface area (Å²) in [6, 6.07) is 12.6. The van der Waals surface area contributed by atoms with Crippen LogP contribution in [0.3, 0.4) is 0 Å². The van der Waals surface area contributed by atoms with Crippen molar-refractivity contribution >= 4 is 28.1 Å². The standard InChI is InChI=1S/C23H16F3N3O2/c24-23(25,26)18-4-2-1-3-16(18)22-21(17-9-10-27-12-20(17)31-22)28-14-6-7-15-13(11-14)5-8-19(15)29-30/h1-4,6-7,9-12,28,30H,5,8H2/b29-19+. The van der Waals surface area contributed by atoms with Crippen molar-refractivity contribution in [3.8, 4) is 11.3 Å². The summed E-state index contributed by atoms with van der Waals surface area (Å²) in [5.74, 6) is 0.0917. The molecule has 4 aromatic rings. The quantitative estimate of drug-likeness (QED) is 0.296. The lowest BCUT2D eigenvalue weighted by Gasteiger charge is -2.13. The summed E-state index contributed by atoms with van der Waals surface area (Å²) in [5.41, 5.74) is 3.19. The summed E-state index contributed by atoms with van der Waals surface area (Å²) < 4.78 is 46.8. The molecule has 0 atom stereocenters.